The third kappa shape index (κ3) is 3.21. The van der Waals surface area contributed by atoms with E-state index in [4.69, 9.17) is 17.0 Å². The van der Waals surface area contributed by atoms with Gasteiger partial charge in [-0.15, -0.1) is 0 Å². The number of rotatable bonds is 4. The predicted octanol–water partition coefficient (Wildman–Crippen LogP) is 2.74. The largest absolute Gasteiger partial charge is 0.490 e. The molecule has 1 heterocycles. The minimum Gasteiger partial charge on any atom is -0.490 e. The second-order valence-corrected chi connectivity index (χ2v) is 5.24. The summed E-state index contributed by atoms with van der Waals surface area (Å²) in [6, 6.07) is 7.51. The lowest BCUT2D eigenvalue weighted by atomic mass is 10.2. The Morgan fingerprint density at radius 3 is 3.00 bits per heavy atom. The predicted molar refractivity (Wildman–Crippen MR) is 78.4 cm³/mol. The van der Waals surface area contributed by atoms with Crippen LogP contribution in [-0.4, -0.2) is 16.8 Å². The van der Waals surface area contributed by atoms with Crippen molar-refractivity contribution < 1.29 is 9.53 Å². The maximum atomic E-state index is 11.5. The number of thioether (sulfide) groups is 1. The van der Waals surface area contributed by atoms with Gasteiger partial charge in [0.1, 0.15) is 16.7 Å². The fraction of sp³-hybridized carbons (Fsp3) is 0.0769. The molecule has 0 spiro atoms. The summed E-state index contributed by atoms with van der Waals surface area (Å²) in [5, 5.41) is 2.58. The fourth-order valence-electron chi connectivity index (χ4n) is 1.42. The van der Waals surface area contributed by atoms with E-state index >= 15 is 0 Å². The van der Waals surface area contributed by atoms with Crippen LogP contribution in [0.3, 0.4) is 0 Å². The van der Waals surface area contributed by atoms with E-state index in [-0.39, 0.29) is 5.91 Å². The first-order valence-corrected chi connectivity index (χ1v) is 6.50. The van der Waals surface area contributed by atoms with Crippen LogP contribution in [0.25, 0.3) is 6.08 Å². The maximum absolute atomic E-state index is 11.5. The summed E-state index contributed by atoms with van der Waals surface area (Å²) in [4.78, 5) is 12.1. The lowest BCUT2D eigenvalue weighted by molar-refractivity contribution is -0.115. The Kier molecular flexibility index (Phi) is 4.17. The molecule has 0 radical (unpaired) electrons. The van der Waals surface area contributed by atoms with Gasteiger partial charge in [0.2, 0.25) is 0 Å². The van der Waals surface area contributed by atoms with Crippen molar-refractivity contribution in [2.24, 2.45) is 0 Å². The molecule has 1 aliphatic heterocycles. The molecule has 0 saturated carbocycles. The number of benzene rings is 1. The molecule has 2 rings (SSSR count). The van der Waals surface area contributed by atoms with Crippen LogP contribution in [0, 0.1) is 0 Å². The summed E-state index contributed by atoms with van der Waals surface area (Å²) in [5.74, 6) is 0.595. The van der Waals surface area contributed by atoms with E-state index in [0.717, 1.165) is 11.3 Å². The zero-order valence-corrected chi connectivity index (χ0v) is 11.1. The smallest absolute Gasteiger partial charge is 0.263 e. The van der Waals surface area contributed by atoms with E-state index in [1.807, 2.05) is 24.3 Å². The van der Waals surface area contributed by atoms with E-state index in [9.17, 15) is 4.79 Å². The van der Waals surface area contributed by atoms with Gasteiger partial charge >= 0.3 is 0 Å². The lowest BCUT2D eigenvalue weighted by Crippen LogP contribution is -2.17. The maximum Gasteiger partial charge on any atom is 0.263 e. The molecule has 1 N–H and O–H groups in total. The molecule has 18 heavy (non-hydrogen) atoms. The summed E-state index contributed by atoms with van der Waals surface area (Å²) in [7, 11) is 0. The van der Waals surface area contributed by atoms with Gasteiger partial charge < -0.3 is 10.1 Å². The van der Waals surface area contributed by atoms with Crippen molar-refractivity contribution in [3.05, 3.63) is 47.4 Å². The SMILES string of the molecule is C=CCOc1cccc(/C=C2/SC(=S)NC2=O)c1. The molecule has 5 heteroatoms. The normalized spacial score (nSPS) is 16.8. The number of amides is 1. The molecule has 1 aromatic carbocycles. The van der Waals surface area contributed by atoms with Gasteiger partial charge in [0.15, 0.2) is 0 Å². The topological polar surface area (TPSA) is 38.3 Å². The molecule has 1 saturated heterocycles. The Hall–Kier alpha value is -1.59. The average molecular weight is 277 g/mol. The summed E-state index contributed by atoms with van der Waals surface area (Å²) in [6.07, 6.45) is 3.48. The number of carbonyl (C=O) groups is 1. The second-order valence-electron chi connectivity index (χ2n) is 3.52. The molecule has 0 atom stereocenters. The molecule has 1 aromatic rings. The van der Waals surface area contributed by atoms with Crippen LogP contribution in [0.5, 0.6) is 5.75 Å². The summed E-state index contributed by atoms with van der Waals surface area (Å²) >= 11 is 6.19. The highest BCUT2D eigenvalue weighted by Gasteiger charge is 2.21. The molecule has 0 bridgehead atoms. The molecule has 92 valence electrons. The van der Waals surface area contributed by atoms with Gasteiger partial charge in [-0.3, -0.25) is 4.79 Å². The Labute approximate surface area is 115 Å². The second kappa shape index (κ2) is 5.84. The van der Waals surface area contributed by atoms with Gasteiger partial charge in [-0.2, -0.15) is 0 Å². The van der Waals surface area contributed by atoms with Crippen molar-refractivity contribution in [1.82, 2.24) is 5.32 Å². The van der Waals surface area contributed by atoms with Crippen molar-refractivity contribution in [3.8, 4) is 5.75 Å². The lowest BCUT2D eigenvalue weighted by Gasteiger charge is -2.03. The van der Waals surface area contributed by atoms with E-state index in [2.05, 4.69) is 11.9 Å². The molecule has 0 aliphatic carbocycles. The highest BCUT2D eigenvalue weighted by atomic mass is 32.2. The molecule has 0 unspecified atom stereocenters. The van der Waals surface area contributed by atoms with Crippen LogP contribution in [0.4, 0.5) is 0 Å². The first kappa shape index (κ1) is 12.9. The molecular weight excluding hydrogens is 266 g/mol. The minimum atomic E-state index is -0.151. The van der Waals surface area contributed by atoms with E-state index in [0.29, 0.717) is 15.8 Å². The highest BCUT2D eigenvalue weighted by molar-refractivity contribution is 8.26. The van der Waals surface area contributed by atoms with E-state index in [1.165, 1.54) is 11.8 Å². The molecule has 1 amide bonds. The van der Waals surface area contributed by atoms with Crippen LogP contribution in [-0.2, 0) is 4.79 Å². The average Bonchev–Trinajstić information content (AvgIpc) is 2.66. The van der Waals surface area contributed by atoms with Crippen molar-refractivity contribution >= 4 is 40.3 Å². The fourth-order valence-corrected chi connectivity index (χ4v) is 2.47. The van der Waals surface area contributed by atoms with Gasteiger partial charge in [-0.1, -0.05) is 48.8 Å². The van der Waals surface area contributed by atoms with Gasteiger partial charge in [-0.05, 0) is 23.8 Å². The summed E-state index contributed by atoms with van der Waals surface area (Å²) in [5.41, 5.74) is 0.902. The number of hydrogen-bond acceptors (Lipinski definition) is 4. The third-order valence-corrected chi connectivity index (χ3v) is 3.33. The van der Waals surface area contributed by atoms with Crippen LogP contribution >= 0.6 is 24.0 Å². The monoisotopic (exact) mass is 277 g/mol. The van der Waals surface area contributed by atoms with Crippen molar-refractivity contribution in [3.63, 3.8) is 0 Å². The van der Waals surface area contributed by atoms with Crippen LogP contribution in [0.2, 0.25) is 0 Å². The number of hydrogen-bond donors (Lipinski definition) is 1. The Balaban J connectivity index is 2.18. The van der Waals surface area contributed by atoms with Gasteiger partial charge in [0.25, 0.3) is 5.91 Å². The Morgan fingerprint density at radius 2 is 2.33 bits per heavy atom. The van der Waals surface area contributed by atoms with Crippen molar-refractivity contribution in [2.75, 3.05) is 6.61 Å². The zero-order valence-electron chi connectivity index (χ0n) is 9.51. The third-order valence-electron chi connectivity index (χ3n) is 2.17. The molecule has 3 nitrogen and oxygen atoms in total. The Bertz CT molecular complexity index is 538. The van der Waals surface area contributed by atoms with Crippen LogP contribution in [0.15, 0.2) is 41.8 Å². The standard InChI is InChI=1S/C13H11NO2S2/c1-2-6-16-10-5-3-4-9(7-10)8-11-12(15)14-13(17)18-11/h2-5,7-8H,1,6H2,(H,14,15,17)/b11-8+. The Morgan fingerprint density at radius 1 is 1.50 bits per heavy atom. The van der Waals surface area contributed by atoms with Gasteiger partial charge in [0.05, 0.1) is 4.91 Å². The van der Waals surface area contributed by atoms with Gasteiger partial charge in [0, 0.05) is 0 Å². The minimum absolute atomic E-state index is 0.151. The van der Waals surface area contributed by atoms with Crippen LogP contribution in [0.1, 0.15) is 5.56 Å². The number of thiocarbonyl (C=S) groups is 1. The van der Waals surface area contributed by atoms with Crippen molar-refractivity contribution in [1.29, 1.82) is 0 Å². The molecule has 0 aromatic heterocycles. The molecule has 1 fully saturated rings. The molecular formula is C13H11NO2S2. The summed E-state index contributed by atoms with van der Waals surface area (Å²) < 4.78 is 5.92. The number of carbonyl (C=O) groups excluding carboxylic acids is 1. The van der Waals surface area contributed by atoms with E-state index < -0.39 is 0 Å². The quantitative estimate of drug-likeness (QED) is 0.522. The molecule has 1 aliphatic rings. The van der Waals surface area contributed by atoms with Gasteiger partial charge in [-0.25, -0.2) is 0 Å². The highest BCUT2D eigenvalue weighted by Crippen LogP contribution is 2.26. The summed E-state index contributed by atoms with van der Waals surface area (Å²) in [6.45, 7) is 4.05. The number of ether oxygens (including phenoxy) is 1. The first-order chi connectivity index (χ1) is 8.69. The first-order valence-electron chi connectivity index (χ1n) is 5.27. The van der Waals surface area contributed by atoms with Crippen molar-refractivity contribution in [2.45, 2.75) is 0 Å². The number of nitrogens with one attached hydrogen (secondary N) is 1. The van der Waals surface area contributed by atoms with E-state index in [1.54, 1.807) is 12.2 Å². The zero-order chi connectivity index (χ0) is 13.0. The van der Waals surface area contributed by atoms with Crippen LogP contribution < -0.4 is 10.1 Å².